The van der Waals surface area contributed by atoms with Crippen molar-refractivity contribution in [2.24, 2.45) is 0 Å². The molecular formula is C19H37KO8S. The average Bonchev–Trinajstić information content (AvgIpc) is 2.60. The molecule has 0 aromatic heterocycles. The van der Waals surface area contributed by atoms with E-state index in [1.54, 1.807) is 0 Å². The van der Waals surface area contributed by atoms with Crippen LogP contribution in [-0.4, -0.2) is 47.0 Å². The first kappa shape index (κ1) is 34.1. The maximum absolute atomic E-state index is 10.2. The van der Waals surface area contributed by atoms with Crippen molar-refractivity contribution in [1.29, 1.82) is 0 Å². The normalized spacial score (nSPS) is 11.7. The summed E-state index contributed by atoms with van der Waals surface area (Å²) in [4.78, 5) is 20.0. The molecule has 0 aliphatic heterocycles. The minimum atomic E-state index is -4.84. The summed E-state index contributed by atoms with van der Waals surface area (Å²) in [6, 6.07) is 0. The Morgan fingerprint density at radius 3 is 1.66 bits per heavy atom. The van der Waals surface area contributed by atoms with Gasteiger partial charge in [0.2, 0.25) is 0 Å². The van der Waals surface area contributed by atoms with Crippen LogP contribution >= 0.6 is 0 Å². The molecule has 0 aliphatic carbocycles. The first-order valence-corrected chi connectivity index (χ1v) is 11.5. The van der Waals surface area contributed by atoms with E-state index in [2.05, 4.69) is 13.8 Å². The van der Waals surface area contributed by atoms with Crippen molar-refractivity contribution in [3.05, 3.63) is 6.61 Å². The molecule has 0 radical (unpaired) electrons. The Labute approximate surface area is 218 Å². The van der Waals surface area contributed by atoms with Crippen molar-refractivity contribution in [3.8, 4) is 0 Å². The van der Waals surface area contributed by atoms with Crippen molar-refractivity contribution in [2.45, 2.75) is 96.1 Å². The molecule has 0 aromatic rings. The molecule has 0 spiro atoms. The third-order valence-electron chi connectivity index (χ3n) is 3.90. The van der Waals surface area contributed by atoms with Gasteiger partial charge in [0, 0.05) is 6.61 Å². The number of rotatable bonds is 17. The predicted octanol–water partition coefficient (Wildman–Crippen LogP) is 1.30. The van der Waals surface area contributed by atoms with Crippen LogP contribution < -0.4 is 51.4 Å². The SMILES string of the molecule is CC[CH-]OCCCCCCCCCCCC.O=C(O)CC(C(=O)O)S(=O)(=O)O.[K+]. The molecule has 0 rings (SSSR count). The Hall–Kier alpha value is 0.446. The Bertz CT molecular complexity index is 482. The molecule has 1 atom stereocenters. The zero-order valence-electron chi connectivity index (χ0n) is 18.1. The summed E-state index contributed by atoms with van der Waals surface area (Å²) in [5, 5.41) is 13.9. The molecule has 0 fully saturated rings. The molecule has 0 saturated carbocycles. The van der Waals surface area contributed by atoms with Crippen molar-refractivity contribution in [3.63, 3.8) is 0 Å². The van der Waals surface area contributed by atoms with E-state index in [-0.39, 0.29) is 51.4 Å². The van der Waals surface area contributed by atoms with Crippen LogP contribution in [0.5, 0.6) is 0 Å². The summed E-state index contributed by atoms with van der Waals surface area (Å²) in [7, 11) is -4.84. The molecule has 29 heavy (non-hydrogen) atoms. The largest absolute Gasteiger partial charge is 1.00 e. The summed E-state index contributed by atoms with van der Waals surface area (Å²) in [5.74, 6) is -3.50. The van der Waals surface area contributed by atoms with Gasteiger partial charge in [-0.3, -0.25) is 14.1 Å². The Morgan fingerprint density at radius 1 is 0.897 bits per heavy atom. The first-order valence-electron chi connectivity index (χ1n) is 10.0. The van der Waals surface area contributed by atoms with Crippen LogP contribution in [0.25, 0.3) is 0 Å². The minimum absolute atomic E-state index is 0. The van der Waals surface area contributed by atoms with Crippen LogP contribution in [0, 0.1) is 6.61 Å². The fourth-order valence-electron chi connectivity index (χ4n) is 2.35. The molecule has 10 heteroatoms. The van der Waals surface area contributed by atoms with Crippen molar-refractivity contribution in [1.82, 2.24) is 0 Å². The molecule has 0 heterocycles. The molecule has 3 N–H and O–H groups in total. The topological polar surface area (TPSA) is 138 Å². The van der Waals surface area contributed by atoms with Gasteiger partial charge in [-0.1, -0.05) is 71.6 Å². The van der Waals surface area contributed by atoms with Crippen LogP contribution in [0.1, 0.15) is 90.9 Å². The molecule has 1 unspecified atom stereocenters. The van der Waals surface area contributed by atoms with Gasteiger partial charge < -0.3 is 14.9 Å². The van der Waals surface area contributed by atoms with Gasteiger partial charge in [-0.2, -0.15) is 14.8 Å². The number of hydrogen-bond donors (Lipinski definition) is 3. The molecule has 168 valence electrons. The quantitative estimate of drug-likeness (QED) is 0.127. The molecule has 0 aliphatic rings. The summed E-state index contributed by atoms with van der Waals surface area (Å²) in [6.45, 7) is 7.22. The second-order valence-electron chi connectivity index (χ2n) is 6.57. The van der Waals surface area contributed by atoms with E-state index in [9.17, 15) is 18.0 Å². The van der Waals surface area contributed by atoms with Crippen LogP contribution in [0.15, 0.2) is 0 Å². The number of hydrogen-bond acceptors (Lipinski definition) is 5. The standard InChI is InChI=1S/C15H31O.C4H6O7S.K/c1-3-5-6-7-8-9-10-11-12-13-15-16-14-4-2;5-3(6)1-2(4(7)8)12(9,10)11;/h14H,3-13,15H2,1-2H3;2H,1H2,(H,5,6)(H,7,8)(H,9,10,11);/q-1;;+1. The fourth-order valence-corrected chi connectivity index (χ4v) is 2.96. The summed E-state index contributed by atoms with van der Waals surface area (Å²) >= 11 is 0. The van der Waals surface area contributed by atoms with E-state index in [0.717, 1.165) is 13.0 Å². The second-order valence-corrected chi connectivity index (χ2v) is 8.17. The molecule has 0 amide bonds. The number of unbranched alkanes of at least 4 members (excludes halogenated alkanes) is 9. The van der Waals surface area contributed by atoms with E-state index in [1.165, 1.54) is 64.2 Å². The first-order chi connectivity index (χ1) is 13.2. The smallest absolute Gasteiger partial charge is 0.552 e. The summed E-state index contributed by atoms with van der Waals surface area (Å²) in [5.41, 5.74) is 0. The van der Waals surface area contributed by atoms with Gasteiger partial charge >= 0.3 is 63.3 Å². The second kappa shape index (κ2) is 23.1. The van der Waals surface area contributed by atoms with Crippen LogP contribution in [0.4, 0.5) is 0 Å². The van der Waals surface area contributed by atoms with Gasteiger partial charge in [0.25, 0.3) is 10.1 Å². The maximum atomic E-state index is 10.2. The third-order valence-corrected chi connectivity index (χ3v) is 4.98. The van der Waals surface area contributed by atoms with Crippen LogP contribution in [0.3, 0.4) is 0 Å². The van der Waals surface area contributed by atoms with E-state index in [4.69, 9.17) is 19.5 Å². The van der Waals surface area contributed by atoms with Gasteiger partial charge in [-0.05, 0) is 6.42 Å². The van der Waals surface area contributed by atoms with Gasteiger partial charge in [-0.15, -0.1) is 0 Å². The van der Waals surface area contributed by atoms with E-state index < -0.39 is 33.7 Å². The van der Waals surface area contributed by atoms with Gasteiger partial charge in [0.1, 0.15) is 0 Å². The number of carboxylic acid groups (broad SMARTS) is 2. The van der Waals surface area contributed by atoms with Gasteiger partial charge in [0.05, 0.1) is 6.42 Å². The maximum Gasteiger partial charge on any atom is 1.00 e. The van der Waals surface area contributed by atoms with Crippen molar-refractivity contribution < 1.29 is 88.9 Å². The summed E-state index contributed by atoms with van der Waals surface area (Å²) in [6.07, 6.45) is 13.8. The van der Waals surface area contributed by atoms with Crippen molar-refractivity contribution in [2.75, 3.05) is 6.61 Å². The summed E-state index contributed by atoms with van der Waals surface area (Å²) < 4.78 is 34.0. The molecule has 0 saturated heterocycles. The van der Waals surface area contributed by atoms with Crippen LogP contribution in [0.2, 0.25) is 0 Å². The molecule has 0 bridgehead atoms. The number of ether oxygens (including phenoxy) is 1. The number of carboxylic acids is 2. The Balaban J connectivity index is -0.000000468. The molecule has 8 nitrogen and oxygen atoms in total. The monoisotopic (exact) mass is 464 g/mol. The van der Waals surface area contributed by atoms with Crippen molar-refractivity contribution >= 4 is 22.1 Å². The van der Waals surface area contributed by atoms with Crippen LogP contribution in [-0.2, 0) is 24.4 Å². The van der Waals surface area contributed by atoms with E-state index >= 15 is 0 Å². The van der Waals surface area contributed by atoms with Gasteiger partial charge in [-0.25, -0.2) is 6.61 Å². The zero-order chi connectivity index (χ0) is 21.8. The Kier molecular flexibility index (Phi) is 27.2. The van der Waals surface area contributed by atoms with Gasteiger partial charge in [0.15, 0.2) is 5.25 Å². The number of carbonyl (C=O) groups is 2. The van der Waals surface area contributed by atoms with E-state index in [0.29, 0.717) is 0 Å². The number of aliphatic carboxylic acids is 2. The molecule has 0 aromatic carbocycles. The Morgan fingerprint density at radius 2 is 1.34 bits per heavy atom. The average molecular weight is 465 g/mol. The molecular weight excluding hydrogens is 427 g/mol. The zero-order valence-corrected chi connectivity index (χ0v) is 22.1. The third kappa shape index (κ3) is 26.4. The van der Waals surface area contributed by atoms with E-state index in [1.807, 2.05) is 6.61 Å². The fraction of sp³-hybridized carbons (Fsp3) is 0.842. The minimum Gasteiger partial charge on any atom is -0.552 e. The predicted molar refractivity (Wildman–Crippen MR) is 108 cm³/mol.